The molecule has 1 aliphatic rings. The van der Waals surface area contributed by atoms with E-state index in [0.717, 1.165) is 0 Å². The molecule has 1 saturated heterocycles. The monoisotopic (exact) mass is 274 g/mol. The summed E-state index contributed by atoms with van der Waals surface area (Å²) in [4.78, 5) is 33.9. The molecule has 0 saturated carbocycles. The molecule has 7 heteroatoms. The number of cyclic esters (lactones) is 2. The van der Waals surface area contributed by atoms with Crippen LogP contribution >= 0.6 is 0 Å². The smallest absolute Gasteiger partial charge is 0.457 e. The quantitative estimate of drug-likeness (QED) is 0.561. The minimum Gasteiger partial charge on any atom is -0.457 e. The molecule has 0 radical (unpaired) electrons. The van der Waals surface area contributed by atoms with Crippen molar-refractivity contribution in [1.82, 2.24) is 0 Å². The van der Waals surface area contributed by atoms with Crippen LogP contribution < -0.4 is 0 Å². The maximum absolute atomic E-state index is 11.8. The zero-order valence-corrected chi connectivity index (χ0v) is 11.5. The number of carbonyl (C=O) groups is 3. The summed E-state index contributed by atoms with van der Waals surface area (Å²) in [5, 5.41) is 0. The largest absolute Gasteiger partial charge is 0.508 e. The number of ether oxygens (including phenoxy) is 4. The lowest BCUT2D eigenvalue weighted by atomic mass is 9.93. The molecular formula is C12H18O7. The van der Waals surface area contributed by atoms with E-state index in [1.165, 1.54) is 6.92 Å². The van der Waals surface area contributed by atoms with Gasteiger partial charge in [-0.1, -0.05) is 0 Å². The summed E-state index contributed by atoms with van der Waals surface area (Å²) in [6, 6.07) is 0. The van der Waals surface area contributed by atoms with Crippen LogP contribution in [0, 0.1) is 5.41 Å². The van der Waals surface area contributed by atoms with Gasteiger partial charge < -0.3 is 18.9 Å². The van der Waals surface area contributed by atoms with Gasteiger partial charge in [0, 0.05) is 0 Å². The van der Waals surface area contributed by atoms with Gasteiger partial charge in [-0.05, 0) is 27.7 Å². The first-order chi connectivity index (χ1) is 8.62. The van der Waals surface area contributed by atoms with E-state index >= 15 is 0 Å². The first kappa shape index (κ1) is 15.3. The second-order valence-electron chi connectivity index (χ2n) is 5.55. The molecule has 0 N–H and O–H groups in total. The van der Waals surface area contributed by atoms with Crippen molar-refractivity contribution < 1.29 is 33.3 Å². The van der Waals surface area contributed by atoms with Crippen molar-refractivity contribution in [2.75, 3.05) is 19.8 Å². The summed E-state index contributed by atoms with van der Waals surface area (Å²) in [5.74, 6) is -1.32. The van der Waals surface area contributed by atoms with Crippen LogP contribution in [0.1, 0.15) is 27.7 Å². The van der Waals surface area contributed by atoms with E-state index in [4.69, 9.17) is 9.47 Å². The first-order valence-electron chi connectivity index (χ1n) is 5.81. The van der Waals surface area contributed by atoms with Crippen LogP contribution in [0.4, 0.5) is 4.79 Å². The molecule has 0 spiro atoms. The van der Waals surface area contributed by atoms with Crippen LogP contribution in [0.25, 0.3) is 0 Å². The molecule has 0 aromatic carbocycles. The van der Waals surface area contributed by atoms with E-state index in [9.17, 15) is 14.4 Å². The lowest BCUT2D eigenvalue weighted by Crippen LogP contribution is -2.44. The molecule has 1 rings (SSSR count). The second-order valence-corrected chi connectivity index (χ2v) is 5.55. The van der Waals surface area contributed by atoms with Gasteiger partial charge >= 0.3 is 18.1 Å². The van der Waals surface area contributed by atoms with Crippen molar-refractivity contribution >= 4 is 18.1 Å². The van der Waals surface area contributed by atoms with E-state index in [0.29, 0.717) is 0 Å². The maximum Gasteiger partial charge on any atom is 0.508 e. The summed E-state index contributed by atoms with van der Waals surface area (Å²) in [5.41, 5.74) is -1.74. The van der Waals surface area contributed by atoms with Crippen LogP contribution in [-0.2, 0) is 28.5 Å². The molecule has 0 aliphatic carbocycles. The number of rotatable bonds is 3. The molecule has 7 nitrogen and oxygen atoms in total. The Balaban J connectivity index is 2.43. The van der Waals surface area contributed by atoms with Crippen molar-refractivity contribution in [2.45, 2.75) is 33.3 Å². The maximum atomic E-state index is 11.8. The molecule has 108 valence electrons. The predicted molar refractivity (Wildman–Crippen MR) is 62.2 cm³/mol. The van der Waals surface area contributed by atoms with Gasteiger partial charge in [0.2, 0.25) is 0 Å². The molecule has 1 aliphatic heterocycles. The standard InChI is InChI=1S/C12H18O7/c1-11(2,3)19-8(13)5-16-9(14)12(4)6-17-10(15)18-7-12/h5-7H2,1-4H3. The van der Waals surface area contributed by atoms with E-state index < -0.39 is 35.7 Å². The molecular weight excluding hydrogens is 256 g/mol. The highest BCUT2D eigenvalue weighted by Crippen LogP contribution is 2.24. The topological polar surface area (TPSA) is 88.1 Å². The molecule has 1 fully saturated rings. The highest BCUT2D eigenvalue weighted by Gasteiger charge is 2.42. The Morgan fingerprint density at radius 1 is 1.26 bits per heavy atom. The van der Waals surface area contributed by atoms with Crippen molar-refractivity contribution in [3.63, 3.8) is 0 Å². The van der Waals surface area contributed by atoms with E-state index in [2.05, 4.69) is 9.47 Å². The number of esters is 2. The van der Waals surface area contributed by atoms with Crippen LogP contribution in [0.2, 0.25) is 0 Å². The molecule has 0 amide bonds. The summed E-state index contributed by atoms with van der Waals surface area (Å²) in [6.07, 6.45) is -0.822. The molecule has 19 heavy (non-hydrogen) atoms. The third-order valence-electron chi connectivity index (χ3n) is 2.25. The number of hydrogen-bond acceptors (Lipinski definition) is 7. The van der Waals surface area contributed by atoms with Gasteiger partial charge in [-0.25, -0.2) is 9.59 Å². The molecule has 0 aromatic rings. The average Bonchev–Trinajstić information content (AvgIpc) is 2.28. The Morgan fingerprint density at radius 3 is 2.26 bits per heavy atom. The van der Waals surface area contributed by atoms with Gasteiger partial charge in [0.05, 0.1) is 0 Å². The Kier molecular flexibility index (Phi) is 4.39. The van der Waals surface area contributed by atoms with Crippen molar-refractivity contribution in [3.8, 4) is 0 Å². The van der Waals surface area contributed by atoms with Crippen molar-refractivity contribution in [3.05, 3.63) is 0 Å². The van der Waals surface area contributed by atoms with Gasteiger partial charge in [-0.15, -0.1) is 0 Å². The molecule has 0 atom stereocenters. The summed E-state index contributed by atoms with van der Waals surface area (Å²) >= 11 is 0. The van der Waals surface area contributed by atoms with E-state index in [-0.39, 0.29) is 13.2 Å². The zero-order valence-electron chi connectivity index (χ0n) is 11.5. The highest BCUT2D eigenvalue weighted by molar-refractivity contribution is 5.81. The third kappa shape index (κ3) is 4.76. The van der Waals surface area contributed by atoms with Gasteiger partial charge in [-0.3, -0.25) is 4.79 Å². The summed E-state index contributed by atoms with van der Waals surface area (Å²) < 4.78 is 19.1. The van der Waals surface area contributed by atoms with Gasteiger partial charge in [0.1, 0.15) is 24.2 Å². The van der Waals surface area contributed by atoms with Gasteiger partial charge in [0.25, 0.3) is 0 Å². The Hall–Kier alpha value is -1.79. The zero-order chi connectivity index (χ0) is 14.7. The van der Waals surface area contributed by atoms with Crippen LogP contribution in [0.5, 0.6) is 0 Å². The minimum atomic E-state index is -1.10. The SMILES string of the molecule is CC(C)(C)OC(=O)COC(=O)C1(C)COC(=O)OC1. The first-order valence-corrected chi connectivity index (χ1v) is 5.81. The Morgan fingerprint density at radius 2 is 1.79 bits per heavy atom. The number of hydrogen-bond donors (Lipinski definition) is 0. The fourth-order valence-electron chi connectivity index (χ4n) is 1.31. The average molecular weight is 274 g/mol. The fourth-order valence-corrected chi connectivity index (χ4v) is 1.31. The third-order valence-corrected chi connectivity index (χ3v) is 2.25. The molecule has 0 unspecified atom stereocenters. The van der Waals surface area contributed by atoms with Crippen LogP contribution in [0.15, 0.2) is 0 Å². The lowest BCUT2D eigenvalue weighted by molar-refractivity contribution is -0.177. The molecule has 0 bridgehead atoms. The number of carbonyl (C=O) groups excluding carboxylic acids is 3. The van der Waals surface area contributed by atoms with Gasteiger partial charge in [0.15, 0.2) is 6.61 Å². The normalized spacial score (nSPS) is 18.0. The highest BCUT2D eigenvalue weighted by atomic mass is 16.7. The second kappa shape index (κ2) is 5.46. The Labute approximate surface area is 111 Å². The lowest BCUT2D eigenvalue weighted by Gasteiger charge is -2.29. The Bertz CT molecular complexity index is 370. The predicted octanol–water partition coefficient (Wildman–Crippen LogP) is 1.04. The van der Waals surface area contributed by atoms with E-state index in [1.807, 2.05) is 0 Å². The minimum absolute atomic E-state index is 0.140. The summed E-state index contributed by atoms with van der Waals surface area (Å²) in [7, 11) is 0. The van der Waals surface area contributed by atoms with Crippen LogP contribution in [0.3, 0.4) is 0 Å². The summed E-state index contributed by atoms with van der Waals surface area (Å²) in [6.45, 7) is 5.89. The molecule has 0 aromatic heterocycles. The van der Waals surface area contributed by atoms with Crippen molar-refractivity contribution in [1.29, 1.82) is 0 Å². The molecule has 1 heterocycles. The van der Waals surface area contributed by atoms with Crippen LogP contribution in [-0.4, -0.2) is 43.5 Å². The van der Waals surface area contributed by atoms with E-state index in [1.54, 1.807) is 20.8 Å². The van der Waals surface area contributed by atoms with Gasteiger partial charge in [-0.2, -0.15) is 0 Å². The van der Waals surface area contributed by atoms with Crippen molar-refractivity contribution in [2.24, 2.45) is 5.41 Å². The fraction of sp³-hybridized carbons (Fsp3) is 0.750.